The van der Waals surface area contributed by atoms with Crippen LogP contribution in [0.5, 0.6) is 0 Å². The van der Waals surface area contributed by atoms with Crippen LogP contribution < -0.4 is 5.32 Å². The van der Waals surface area contributed by atoms with E-state index in [2.05, 4.69) is 5.32 Å². The predicted octanol–water partition coefficient (Wildman–Crippen LogP) is 3.20. The van der Waals surface area contributed by atoms with Crippen molar-refractivity contribution in [1.82, 2.24) is 5.32 Å². The van der Waals surface area contributed by atoms with Gasteiger partial charge in [-0.2, -0.15) is 0 Å². The van der Waals surface area contributed by atoms with Gasteiger partial charge in [-0.25, -0.2) is 8.78 Å². The van der Waals surface area contributed by atoms with E-state index in [1.165, 1.54) is 12.1 Å². The van der Waals surface area contributed by atoms with Gasteiger partial charge < -0.3 is 10.1 Å². The molecule has 0 amide bonds. The van der Waals surface area contributed by atoms with Gasteiger partial charge in [-0.1, -0.05) is 19.9 Å². The summed E-state index contributed by atoms with van der Waals surface area (Å²) in [7, 11) is 0. The van der Waals surface area contributed by atoms with E-state index in [9.17, 15) is 13.6 Å². The molecule has 2 nitrogen and oxygen atoms in total. The van der Waals surface area contributed by atoms with Crippen molar-refractivity contribution < 1.29 is 13.6 Å². The Morgan fingerprint density at radius 2 is 2.00 bits per heavy atom. The quantitative estimate of drug-likeness (QED) is 0.770. The van der Waals surface area contributed by atoms with Crippen molar-refractivity contribution in [3.8, 4) is 0 Å². The Hall–Kier alpha value is -1.29. The highest BCUT2D eigenvalue weighted by Gasteiger charge is 2.23. The lowest BCUT2D eigenvalue weighted by Crippen LogP contribution is -2.34. The summed E-state index contributed by atoms with van der Waals surface area (Å²) in [6, 6.07) is 3.67. The molecule has 0 aliphatic carbocycles. The van der Waals surface area contributed by atoms with Crippen LogP contribution in [0.1, 0.15) is 39.2 Å². The molecule has 0 bridgehead atoms. The zero-order valence-corrected chi connectivity index (χ0v) is 11.7. The van der Waals surface area contributed by atoms with E-state index >= 15 is 0 Å². The van der Waals surface area contributed by atoms with Crippen LogP contribution in [0.15, 0.2) is 18.2 Å². The van der Waals surface area contributed by atoms with Crippen LogP contribution >= 0.6 is 0 Å². The second-order valence-corrected chi connectivity index (χ2v) is 5.49. The lowest BCUT2D eigenvalue weighted by atomic mass is 9.84. The number of halogens is 2. The van der Waals surface area contributed by atoms with Gasteiger partial charge in [-0.3, -0.25) is 0 Å². The number of carbonyl (C=O) groups excluding carboxylic acids is 1. The summed E-state index contributed by atoms with van der Waals surface area (Å²) in [5.41, 5.74) is 0.0709. The molecule has 0 aliphatic rings. The number of Topliss-reactive ketones (excluding diaryl/α,β-unsaturated/α-hetero) is 1. The van der Waals surface area contributed by atoms with Gasteiger partial charge >= 0.3 is 0 Å². The first-order valence-corrected chi connectivity index (χ1v) is 6.48. The maximum Gasteiger partial charge on any atom is 0.129 e. The molecular weight excluding hydrogens is 248 g/mol. The first-order chi connectivity index (χ1) is 8.83. The monoisotopic (exact) mass is 269 g/mol. The van der Waals surface area contributed by atoms with Crippen molar-refractivity contribution in [1.29, 1.82) is 0 Å². The van der Waals surface area contributed by atoms with Crippen LogP contribution in [0.4, 0.5) is 8.78 Å². The molecule has 0 heterocycles. The van der Waals surface area contributed by atoms with Crippen LogP contribution in [0.25, 0.3) is 0 Å². The minimum atomic E-state index is -0.563. The number of hydrogen-bond donors (Lipinski definition) is 1. The van der Waals surface area contributed by atoms with Crippen LogP contribution in [0.3, 0.4) is 0 Å². The van der Waals surface area contributed by atoms with E-state index in [0.717, 1.165) is 12.5 Å². The van der Waals surface area contributed by atoms with Crippen LogP contribution in [-0.4, -0.2) is 18.9 Å². The van der Waals surface area contributed by atoms with Crippen molar-refractivity contribution in [2.24, 2.45) is 0 Å². The molecule has 0 saturated carbocycles. The number of nitrogens with one attached hydrogen (secondary N) is 1. The Bertz CT molecular complexity index is 444. The molecule has 0 atom stereocenters. The Labute approximate surface area is 113 Å². The largest absolute Gasteiger partial charge is 0.316 e. The molecule has 0 radical (unpaired) electrons. The van der Waals surface area contributed by atoms with Crippen LogP contribution in [0.2, 0.25) is 0 Å². The second-order valence-electron chi connectivity index (χ2n) is 5.49. The smallest absolute Gasteiger partial charge is 0.129 e. The summed E-state index contributed by atoms with van der Waals surface area (Å²) in [4.78, 5) is 10.8. The Morgan fingerprint density at radius 1 is 1.32 bits per heavy atom. The SMILES string of the molecule is CC(=O)CCCNCC(C)(C)c1ccc(F)cc1F. The Kier molecular flexibility index (Phi) is 5.60. The molecule has 106 valence electrons. The molecule has 4 heteroatoms. The highest BCUT2D eigenvalue weighted by atomic mass is 19.1. The normalized spacial score (nSPS) is 11.6. The molecule has 0 aromatic heterocycles. The fourth-order valence-electron chi connectivity index (χ4n) is 2.00. The summed E-state index contributed by atoms with van der Waals surface area (Å²) < 4.78 is 26.6. The number of hydrogen-bond acceptors (Lipinski definition) is 2. The molecule has 0 aliphatic heterocycles. The molecule has 0 spiro atoms. The van der Waals surface area contributed by atoms with Gasteiger partial charge in [0.15, 0.2) is 0 Å². The first-order valence-electron chi connectivity index (χ1n) is 6.48. The van der Waals surface area contributed by atoms with Crippen molar-refractivity contribution in [3.63, 3.8) is 0 Å². The third kappa shape index (κ3) is 5.07. The highest BCUT2D eigenvalue weighted by molar-refractivity contribution is 5.75. The highest BCUT2D eigenvalue weighted by Crippen LogP contribution is 2.25. The molecule has 0 fully saturated rings. The van der Waals surface area contributed by atoms with Gasteiger partial charge in [0.2, 0.25) is 0 Å². The molecule has 1 aromatic carbocycles. The second kappa shape index (κ2) is 6.75. The lowest BCUT2D eigenvalue weighted by Gasteiger charge is -2.26. The van der Waals surface area contributed by atoms with E-state index in [1.807, 2.05) is 13.8 Å². The fraction of sp³-hybridized carbons (Fsp3) is 0.533. The van der Waals surface area contributed by atoms with E-state index in [1.54, 1.807) is 6.92 Å². The minimum absolute atomic E-state index is 0.172. The van der Waals surface area contributed by atoms with Gasteiger partial charge in [-0.15, -0.1) is 0 Å². The van der Waals surface area contributed by atoms with Crippen LogP contribution in [-0.2, 0) is 10.2 Å². The number of benzene rings is 1. The average Bonchev–Trinajstić information content (AvgIpc) is 2.27. The summed E-state index contributed by atoms with van der Waals surface area (Å²) in [5, 5.41) is 3.21. The van der Waals surface area contributed by atoms with Crippen molar-refractivity contribution in [2.75, 3.05) is 13.1 Å². The Balaban J connectivity index is 2.53. The number of rotatable bonds is 7. The lowest BCUT2D eigenvalue weighted by molar-refractivity contribution is -0.117. The summed E-state index contributed by atoms with van der Waals surface area (Å²) >= 11 is 0. The number of ketones is 1. The topological polar surface area (TPSA) is 29.1 Å². The maximum absolute atomic E-state index is 13.7. The average molecular weight is 269 g/mol. The molecule has 0 saturated heterocycles. The summed E-state index contributed by atoms with van der Waals surface area (Å²) in [6.07, 6.45) is 1.33. The molecule has 1 N–H and O–H groups in total. The van der Waals surface area contributed by atoms with Crippen LogP contribution in [0, 0.1) is 11.6 Å². The van der Waals surface area contributed by atoms with Crippen molar-refractivity contribution in [3.05, 3.63) is 35.4 Å². The maximum atomic E-state index is 13.7. The van der Waals surface area contributed by atoms with E-state index < -0.39 is 17.0 Å². The van der Waals surface area contributed by atoms with E-state index in [-0.39, 0.29) is 5.78 Å². The van der Waals surface area contributed by atoms with Crippen molar-refractivity contribution >= 4 is 5.78 Å². The van der Waals surface area contributed by atoms with E-state index in [0.29, 0.717) is 25.1 Å². The summed E-state index contributed by atoms with van der Waals surface area (Å²) in [6.45, 7) is 6.67. The zero-order chi connectivity index (χ0) is 14.5. The fourth-order valence-corrected chi connectivity index (χ4v) is 2.00. The molecule has 1 aromatic rings. The third-order valence-electron chi connectivity index (χ3n) is 3.11. The van der Waals surface area contributed by atoms with Crippen molar-refractivity contribution in [2.45, 2.75) is 39.0 Å². The third-order valence-corrected chi connectivity index (χ3v) is 3.11. The van der Waals surface area contributed by atoms with Gasteiger partial charge in [0.05, 0.1) is 0 Å². The molecule has 1 rings (SSSR count). The van der Waals surface area contributed by atoms with E-state index in [4.69, 9.17) is 0 Å². The van der Waals surface area contributed by atoms with Gasteiger partial charge in [0, 0.05) is 24.4 Å². The Morgan fingerprint density at radius 3 is 2.58 bits per heavy atom. The van der Waals surface area contributed by atoms with Gasteiger partial charge in [0.1, 0.15) is 17.4 Å². The van der Waals surface area contributed by atoms with Gasteiger partial charge in [-0.05, 0) is 31.5 Å². The first kappa shape index (κ1) is 15.8. The summed E-state index contributed by atoms with van der Waals surface area (Å²) in [5.74, 6) is -0.910. The number of carbonyl (C=O) groups is 1. The molecular formula is C15H21F2NO. The zero-order valence-electron chi connectivity index (χ0n) is 11.7. The minimum Gasteiger partial charge on any atom is -0.316 e. The standard InChI is InChI=1S/C15H21F2NO/c1-11(19)5-4-8-18-10-15(2,3)13-7-6-12(16)9-14(13)17/h6-7,9,18H,4-5,8,10H2,1-3H3. The predicted molar refractivity (Wildman–Crippen MR) is 72.2 cm³/mol. The van der Waals surface area contributed by atoms with Gasteiger partial charge in [0.25, 0.3) is 0 Å². The molecule has 19 heavy (non-hydrogen) atoms. The molecule has 0 unspecified atom stereocenters.